The van der Waals surface area contributed by atoms with Crippen LogP contribution in [0.3, 0.4) is 0 Å². The van der Waals surface area contributed by atoms with E-state index in [1.54, 1.807) is 0 Å². The molecule has 1 fully saturated rings. The van der Waals surface area contributed by atoms with E-state index >= 15 is 0 Å². The number of benzene rings is 1. The van der Waals surface area contributed by atoms with Gasteiger partial charge in [-0.25, -0.2) is 0 Å². The van der Waals surface area contributed by atoms with Gasteiger partial charge in [0.15, 0.2) is 0 Å². The smallest absolute Gasteiger partial charge is 0.0499 e. The summed E-state index contributed by atoms with van der Waals surface area (Å²) in [5.74, 6) is 0.600. The van der Waals surface area contributed by atoms with Crippen LogP contribution in [0.25, 0.3) is 0 Å². The van der Waals surface area contributed by atoms with Gasteiger partial charge in [-0.1, -0.05) is 45.0 Å². The lowest BCUT2D eigenvalue weighted by molar-refractivity contribution is 0.248. The molecule has 1 aliphatic rings. The fourth-order valence-electron chi connectivity index (χ4n) is 2.96. The molecule has 1 aliphatic heterocycles. The Morgan fingerprint density at radius 2 is 1.94 bits per heavy atom. The molecule has 0 aromatic heterocycles. The second-order valence-corrected chi connectivity index (χ2v) is 5.75. The summed E-state index contributed by atoms with van der Waals surface area (Å²) in [7, 11) is 0. The maximum Gasteiger partial charge on any atom is 0.0499 e. The highest BCUT2D eigenvalue weighted by atomic mass is 15.2. The van der Waals surface area contributed by atoms with E-state index in [4.69, 9.17) is 5.73 Å². The monoisotopic (exact) mass is 246 g/mol. The molecule has 0 aliphatic carbocycles. The van der Waals surface area contributed by atoms with Gasteiger partial charge in [-0.2, -0.15) is 0 Å². The molecule has 2 atom stereocenters. The first-order valence-electron chi connectivity index (χ1n) is 7.23. The van der Waals surface area contributed by atoms with Crippen molar-refractivity contribution in [1.29, 1.82) is 0 Å². The standard InChI is InChI=1S/C16H26N2/c1-4-10-18-11-9-15(17)16(18)14-7-5-13(6-8-14)12(2)3/h5-8,12,15-16H,4,9-11,17H2,1-3H3/t15-,16+/m0/s1. The highest BCUT2D eigenvalue weighted by Gasteiger charge is 2.31. The lowest BCUT2D eigenvalue weighted by atomic mass is 9.96. The topological polar surface area (TPSA) is 29.3 Å². The van der Waals surface area contributed by atoms with Crippen LogP contribution >= 0.6 is 0 Å². The fraction of sp³-hybridized carbons (Fsp3) is 0.625. The number of nitrogens with two attached hydrogens (primary N) is 1. The molecule has 0 spiro atoms. The minimum Gasteiger partial charge on any atom is -0.326 e. The molecular weight excluding hydrogens is 220 g/mol. The van der Waals surface area contributed by atoms with E-state index < -0.39 is 0 Å². The summed E-state index contributed by atoms with van der Waals surface area (Å²) in [6, 6.07) is 9.78. The van der Waals surface area contributed by atoms with Gasteiger partial charge in [0.05, 0.1) is 0 Å². The number of rotatable bonds is 4. The van der Waals surface area contributed by atoms with Crippen LogP contribution in [0.2, 0.25) is 0 Å². The van der Waals surface area contributed by atoms with Gasteiger partial charge in [-0.3, -0.25) is 4.90 Å². The van der Waals surface area contributed by atoms with Crippen LogP contribution in [0.1, 0.15) is 56.7 Å². The van der Waals surface area contributed by atoms with Crippen LogP contribution in [0.4, 0.5) is 0 Å². The minimum absolute atomic E-state index is 0.293. The van der Waals surface area contributed by atoms with Crippen molar-refractivity contribution < 1.29 is 0 Å². The first-order chi connectivity index (χ1) is 8.63. The molecule has 2 rings (SSSR count). The Balaban J connectivity index is 2.18. The Labute approximate surface area is 111 Å². The van der Waals surface area contributed by atoms with Gasteiger partial charge in [0.2, 0.25) is 0 Å². The van der Waals surface area contributed by atoms with Crippen molar-refractivity contribution in [1.82, 2.24) is 4.90 Å². The SMILES string of the molecule is CCCN1CC[C@H](N)[C@H]1c1ccc(C(C)C)cc1. The summed E-state index contributed by atoms with van der Waals surface area (Å²) >= 11 is 0. The Morgan fingerprint density at radius 1 is 1.28 bits per heavy atom. The van der Waals surface area contributed by atoms with Gasteiger partial charge in [0.25, 0.3) is 0 Å². The van der Waals surface area contributed by atoms with Crippen molar-refractivity contribution in [3.8, 4) is 0 Å². The molecule has 2 N–H and O–H groups in total. The summed E-state index contributed by atoms with van der Waals surface area (Å²) in [5, 5.41) is 0. The van der Waals surface area contributed by atoms with E-state index in [-0.39, 0.29) is 0 Å². The molecule has 0 saturated carbocycles. The Bertz CT molecular complexity index is 367. The third-order valence-electron chi connectivity index (χ3n) is 4.00. The zero-order valence-corrected chi connectivity index (χ0v) is 11.9. The van der Waals surface area contributed by atoms with E-state index in [1.165, 1.54) is 17.5 Å². The van der Waals surface area contributed by atoms with Crippen LogP contribution in [-0.2, 0) is 0 Å². The van der Waals surface area contributed by atoms with Crippen LogP contribution in [0.15, 0.2) is 24.3 Å². The predicted octanol–water partition coefficient (Wildman–Crippen LogP) is 3.29. The van der Waals surface area contributed by atoms with Crippen molar-refractivity contribution in [2.75, 3.05) is 13.1 Å². The third-order valence-corrected chi connectivity index (χ3v) is 4.00. The molecule has 0 bridgehead atoms. The van der Waals surface area contributed by atoms with Gasteiger partial charge in [0, 0.05) is 18.6 Å². The zero-order chi connectivity index (χ0) is 13.1. The Morgan fingerprint density at radius 3 is 2.50 bits per heavy atom. The molecule has 1 saturated heterocycles. The molecule has 100 valence electrons. The number of hydrogen-bond acceptors (Lipinski definition) is 2. The Hall–Kier alpha value is -0.860. The number of nitrogens with zero attached hydrogens (tertiary/aromatic N) is 1. The van der Waals surface area contributed by atoms with Crippen molar-refractivity contribution in [2.24, 2.45) is 5.73 Å². The molecular formula is C16H26N2. The second-order valence-electron chi connectivity index (χ2n) is 5.75. The summed E-state index contributed by atoms with van der Waals surface area (Å²) in [4.78, 5) is 2.54. The minimum atomic E-state index is 0.293. The summed E-state index contributed by atoms with van der Waals surface area (Å²) in [5.41, 5.74) is 9.08. The Kier molecular flexibility index (Phi) is 4.41. The van der Waals surface area contributed by atoms with E-state index in [0.717, 1.165) is 19.5 Å². The largest absolute Gasteiger partial charge is 0.326 e. The van der Waals surface area contributed by atoms with Gasteiger partial charge < -0.3 is 5.73 Å². The molecule has 2 heteroatoms. The molecule has 2 nitrogen and oxygen atoms in total. The maximum absolute atomic E-state index is 6.29. The van der Waals surface area contributed by atoms with Gasteiger partial charge >= 0.3 is 0 Å². The zero-order valence-electron chi connectivity index (χ0n) is 11.9. The fourth-order valence-corrected chi connectivity index (χ4v) is 2.96. The highest BCUT2D eigenvalue weighted by molar-refractivity contribution is 5.28. The van der Waals surface area contributed by atoms with E-state index in [0.29, 0.717) is 18.0 Å². The molecule has 0 unspecified atom stereocenters. The number of hydrogen-bond donors (Lipinski definition) is 1. The van der Waals surface area contributed by atoms with Crippen LogP contribution in [-0.4, -0.2) is 24.0 Å². The molecule has 1 aromatic carbocycles. The number of likely N-dealkylation sites (tertiary alicyclic amines) is 1. The van der Waals surface area contributed by atoms with Crippen molar-refractivity contribution in [3.05, 3.63) is 35.4 Å². The molecule has 0 amide bonds. The van der Waals surface area contributed by atoms with Crippen LogP contribution in [0, 0.1) is 0 Å². The molecule has 18 heavy (non-hydrogen) atoms. The normalized spacial score (nSPS) is 24.9. The quantitative estimate of drug-likeness (QED) is 0.883. The van der Waals surface area contributed by atoms with Crippen molar-refractivity contribution in [3.63, 3.8) is 0 Å². The highest BCUT2D eigenvalue weighted by Crippen LogP contribution is 2.31. The lowest BCUT2D eigenvalue weighted by Crippen LogP contribution is -2.32. The van der Waals surface area contributed by atoms with Gasteiger partial charge in [0.1, 0.15) is 0 Å². The van der Waals surface area contributed by atoms with E-state index in [9.17, 15) is 0 Å². The maximum atomic E-state index is 6.29. The van der Waals surface area contributed by atoms with Gasteiger partial charge in [-0.15, -0.1) is 0 Å². The average molecular weight is 246 g/mol. The summed E-state index contributed by atoms with van der Waals surface area (Å²) < 4.78 is 0. The summed E-state index contributed by atoms with van der Waals surface area (Å²) in [6.07, 6.45) is 2.32. The van der Waals surface area contributed by atoms with Gasteiger partial charge in [-0.05, 0) is 36.4 Å². The third kappa shape index (κ3) is 2.76. The lowest BCUT2D eigenvalue weighted by Gasteiger charge is -2.27. The van der Waals surface area contributed by atoms with Crippen molar-refractivity contribution in [2.45, 2.75) is 51.6 Å². The predicted molar refractivity (Wildman–Crippen MR) is 77.7 cm³/mol. The van der Waals surface area contributed by atoms with Crippen LogP contribution in [0.5, 0.6) is 0 Å². The van der Waals surface area contributed by atoms with Crippen LogP contribution < -0.4 is 5.73 Å². The first-order valence-corrected chi connectivity index (χ1v) is 7.23. The first kappa shape index (κ1) is 13.6. The molecule has 1 heterocycles. The van der Waals surface area contributed by atoms with E-state index in [1.807, 2.05) is 0 Å². The van der Waals surface area contributed by atoms with E-state index in [2.05, 4.69) is 49.9 Å². The van der Waals surface area contributed by atoms with Crippen molar-refractivity contribution >= 4 is 0 Å². The summed E-state index contributed by atoms with van der Waals surface area (Å²) in [6.45, 7) is 9.01. The molecule has 1 aromatic rings. The second kappa shape index (κ2) is 5.85. The average Bonchev–Trinajstić information content (AvgIpc) is 2.71. The molecule has 0 radical (unpaired) electrons.